The van der Waals surface area contributed by atoms with Crippen molar-refractivity contribution >= 4 is 28.7 Å². The van der Waals surface area contributed by atoms with Gasteiger partial charge in [-0.3, -0.25) is 4.57 Å². The van der Waals surface area contributed by atoms with Gasteiger partial charge in [-0.1, -0.05) is 50.2 Å². The Kier molecular flexibility index (Phi) is 8.79. The minimum Gasteiger partial charge on any atom is -0.406 e. The van der Waals surface area contributed by atoms with E-state index in [9.17, 15) is 13.2 Å². The number of hydrogen-bond acceptors (Lipinski definition) is 5. The molecule has 0 atom stereocenters. The zero-order valence-corrected chi connectivity index (χ0v) is 25.5. The number of benzene rings is 3. The van der Waals surface area contributed by atoms with E-state index in [1.165, 1.54) is 46.4 Å². The molecule has 0 saturated carbocycles. The molecule has 0 unspecified atom stereocenters. The number of alkyl halides is 3. The second-order valence-electron chi connectivity index (χ2n) is 10.2. The van der Waals surface area contributed by atoms with Crippen LogP contribution in [0.25, 0.3) is 22.8 Å². The third-order valence-electron chi connectivity index (χ3n) is 6.61. The van der Waals surface area contributed by atoms with E-state index in [1.54, 1.807) is 11.3 Å². The first kappa shape index (κ1) is 30.2. The second-order valence-corrected chi connectivity index (χ2v) is 11.5. The van der Waals surface area contributed by atoms with Gasteiger partial charge >= 0.3 is 6.36 Å². The molecule has 5 aromatic rings. The Balaban J connectivity index is 1.25. The summed E-state index contributed by atoms with van der Waals surface area (Å²) < 4.78 is 44.8. The van der Waals surface area contributed by atoms with Gasteiger partial charge in [0, 0.05) is 23.2 Å². The number of thiazole rings is 1. The fraction of sp³-hybridized carbons (Fsp3) is 0.226. The van der Waals surface area contributed by atoms with Gasteiger partial charge in [-0.15, -0.1) is 29.6 Å². The molecule has 2 aromatic heterocycles. The lowest BCUT2D eigenvalue weighted by Gasteiger charge is -2.16. The molecule has 0 aliphatic heterocycles. The summed E-state index contributed by atoms with van der Waals surface area (Å²) in [6.45, 7) is 9.02. The average molecular weight is 623 g/mol. The number of aryl methyl sites for hydroxylation is 2. The molecule has 43 heavy (non-hydrogen) atoms. The van der Waals surface area contributed by atoms with Crippen molar-refractivity contribution in [1.29, 1.82) is 0 Å². The molecule has 0 aliphatic carbocycles. The number of hydrogen-bond donors (Lipinski definition) is 1. The van der Waals surface area contributed by atoms with Crippen molar-refractivity contribution in [2.75, 3.05) is 0 Å². The number of rotatable bonds is 7. The third kappa shape index (κ3) is 7.38. The molecule has 0 fully saturated rings. The van der Waals surface area contributed by atoms with Crippen molar-refractivity contribution < 1.29 is 17.9 Å². The Hall–Kier alpha value is -4.29. The third-order valence-corrected chi connectivity index (χ3v) is 7.79. The Bertz CT molecular complexity index is 1800. The minimum atomic E-state index is -4.74. The fourth-order valence-electron chi connectivity index (χ4n) is 4.50. The quantitative estimate of drug-likeness (QED) is 0.192. The highest BCUT2D eigenvalue weighted by Crippen LogP contribution is 2.26. The van der Waals surface area contributed by atoms with Crippen molar-refractivity contribution in [1.82, 2.24) is 24.6 Å². The average Bonchev–Trinajstić information content (AvgIpc) is 3.58. The van der Waals surface area contributed by atoms with Crippen LogP contribution in [0.1, 0.15) is 42.1 Å². The molecular formula is C31H29F3N6OS2. The van der Waals surface area contributed by atoms with Gasteiger partial charge in [-0.25, -0.2) is 9.67 Å². The van der Waals surface area contributed by atoms with Crippen molar-refractivity contribution in [2.24, 2.45) is 4.99 Å². The lowest BCUT2D eigenvalue weighted by Crippen LogP contribution is -2.24. The molecule has 7 nitrogen and oxygen atoms in total. The van der Waals surface area contributed by atoms with Crippen LogP contribution in [-0.2, 0) is 6.54 Å². The first-order valence-electron chi connectivity index (χ1n) is 13.4. The fourth-order valence-corrected chi connectivity index (χ4v) is 5.58. The Morgan fingerprint density at radius 1 is 1.05 bits per heavy atom. The summed E-state index contributed by atoms with van der Waals surface area (Å²) in [4.78, 5) is 9.88. The van der Waals surface area contributed by atoms with E-state index in [1.807, 2.05) is 24.3 Å². The Morgan fingerprint density at radius 3 is 2.44 bits per heavy atom. The standard InChI is InChI=1S/C31H29F3N6OS2/c1-19(2)26-14-5-20(3)15-27(26)40-21(4)17-43-30(40)37-29(42)35-16-22-6-8-23(9-7-22)28-36-18-39(38-28)24-10-12-25(13-11-24)41-31(32,33)34/h5-15,17-19H,16H2,1-4H3,(H,35,42)/b37-30-. The van der Waals surface area contributed by atoms with E-state index in [4.69, 9.17) is 17.2 Å². The largest absolute Gasteiger partial charge is 0.573 e. The molecule has 2 heterocycles. The van der Waals surface area contributed by atoms with Gasteiger partial charge in [-0.05, 0) is 79.0 Å². The van der Waals surface area contributed by atoms with Crippen LogP contribution in [-0.4, -0.2) is 30.8 Å². The van der Waals surface area contributed by atoms with Gasteiger partial charge in [0.25, 0.3) is 0 Å². The first-order chi connectivity index (χ1) is 20.5. The maximum Gasteiger partial charge on any atom is 0.573 e. The highest BCUT2D eigenvalue weighted by molar-refractivity contribution is 7.80. The van der Waals surface area contributed by atoms with E-state index in [-0.39, 0.29) is 5.75 Å². The molecule has 12 heteroatoms. The second kappa shape index (κ2) is 12.5. The molecule has 1 N–H and O–H groups in total. The number of nitrogens with zero attached hydrogens (tertiary/aromatic N) is 5. The zero-order valence-electron chi connectivity index (χ0n) is 23.9. The van der Waals surface area contributed by atoms with Crippen LogP contribution in [0.2, 0.25) is 0 Å². The van der Waals surface area contributed by atoms with E-state index in [0.29, 0.717) is 29.1 Å². The molecule has 0 radical (unpaired) electrons. The van der Waals surface area contributed by atoms with E-state index in [0.717, 1.165) is 27.3 Å². The normalized spacial score (nSPS) is 12.1. The highest BCUT2D eigenvalue weighted by atomic mass is 32.1. The van der Waals surface area contributed by atoms with Crippen molar-refractivity contribution in [2.45, 2.75) is 46.5 Å². The van der Waals surface area contributed by atoms with Crippen molar-refractivity contribution in [3.05, 3.63) is 106 Å². The monoisotopic (exact) mass is 622 g/mol. The molecular weight excluding hydrogens is 594 g/mol. The zero-order chi connectivity index (χ0) is 30.7. The van der Waals surface area contributed by atoms with Crippen LogP contribution in [0.4, 0.5) is 13.2 Å². The van der Waals surface area contributed by atoms with Crippen LogP contribution in [0.15, 0.2) is 83.4 Å². The lowest BCUT2D eigenvalue weighted by atomic mass is 9.99. The summed E-state index contributed by atoms with van der Waals surface area (Å²) in [5.74, 6) is 0.542. The smallest absolute Gasteiger partial charge is 0.406 e. The summed E-state index contributed by atoms with van der Waals surface area (Å²) in [7, 11) is 0. The molecule has 0 bridgehead atoms. The molecule has 0 amide bonds. The SMILES string of the molecule is Cc1ccc(C(C)C)c(-n2c(C)cs/c2=N\C(=S)NCc2ccc(-c3ncn(-c4ccc(OC(F)(F)F)cc4)n3)cc2)c1. The van der Waals surface area contributed by atoms with Crippen molar-refractivity contribution in [3.8, 4) is 28.5 Å². The van der Waals surface area contributed by atoms with Gasteiger partial charge in [0.05, 0.1) is 11.4 Å². The van der Waals surface area contributed by atoms with Crippen LogP contribution < -0.4 is 14.9 Å². The maximum atomic E-state index is 12.4. The van der Waals surface area contributed by atoms with Crippen molar-refractivity contribution in [3.63, 3.8) is 0 Å². The molecule has 0 saturated heterocycles. The first-order valence-corrected chi connectivity index (χ1v) is 14.7. The summed E-state index contributed by atoms with van der Waals surface area (Å²) in [6.07, 6.45) is -3.24. The molecule has 5 rings (SSSR count). The number of thiocarbonyl (C=S) groups is 1. The maximum absolute atomic E-state index is 12.4. The number of halogens is 3. The Labute approximate surface area is 256 Å². The number of nitrogens with one attached hydrogen (secondary N) is 1. The minimum absolute atomic E-state index is 0.302. The summed E-state index contributed by atoms with van der Waals surface area (Å²) in [5.41, 5.74) is 6.99. The van der Waals surface area contributed by atoms with Crippen LogP contribution in [0, 0.1) is 13.8 Å². The van der Waals surface area contributed by atoms with E-state index >= 15 is 0 Å². The van der Waals surface area contributed by atoms with Gasteiger partial charge in [-0.2, -0.15) is 4.99 Å². The highest BCUT2D eigenvalue weighted by Gasteiger charge is 2.31. The Morgan fingerprint density at radius 2 is 1.77 bits per heavy atom. The topological polar surface area (TPSA) is 69.3 Å². The molecule has 0 spiro atoms. The van der Waals surface area contributed by atoms with E-state index < -0.39 is 6.36 Å². The van der Waals surface area contributed by atoms with Crippen LogP contribution in [0.3, 0.4) is 0 Å². The van der Waals surface area contributed by atoms with Gasteiger partial charge in [0.2, 0.25) is 0 Å². The number of aromatic nitrogens is 4. The van der Waals surface area contributed by atoms with E-state index in [2.05, 4.69) is 76.0 Å². The molecule has 222 valence electrons. The van der Waals surface area contributed by atoms with Crippen LogP contribution >= 0.6 is 23.6 Å². The summed E-state index contributed by atoms with van der Waals surface area (Å²) >= 11 is 7.13. The summed E-state index contributed by atoms with van der Waals surface area (Å²) in [6, 6.07) is 19.6. The van der Waals surface area contributed by atoms with Gasteiger partial charge < -0.3 is 10.1 Å². The lowest BCUT2D eigenvalue weighted by molar-refractivity contribution is -0.274. The summed E-state index contributed by atoms with van der Waals surface area (Å²) in [5, 5.41) is 10.2. The van der Waals surface area contributed by atoms with Gasteiger partial charge in [0.1, 0.15) is 12.1 Å². The van der Waals surface area contributed by atoms with Gasteiger partial charge in [0.15, 0.2) is 15.7 Å². The predicted molar refractivity (Wildman–Crippen MR) is 166 cm³/mol. The van der Waals surface area contributed by atoms with Crippen LogP contribution in [0.5, 0.6) is 5.75 Å². The predicted octanol–water partition coefficient (Wildman–Crippen LogP) is 7.40. The number of ether oxygens (including phenoxy) is 1. The molecule has 3 aromatic carbocycles. The molecule has 0 aliphatic rings.